The molecule has 5 nitrogen and oxygen atoms in total. The minimum atomic E-state index is -1.24. The molecular formula is C15H17N3O2S. The number of hydrogen-bond acceptors (Lipinski definition) is 4. The molecule has 1 unspecified atom stereocenters. The van der Waals surface area contributed by atoms with Gasteiger partial charge in [-0.3, -0.25) is 13.6 Å². The van der Waals surface area contributed by atoms with Gasteiger partial charge in [0.25, 0.3) is 5.56 Å². The van der Waals surface area contributed by atoms with Crippen molar-refractivity contribution in [1.29, 1.82) is 0 Å². The van der Waals surface area contributed by atoms with E-state index in [4.69, 9.17) is 0 Å². The molecule has 4 atom stereocenters. The smallest absolute Gasteiger partial charge is 0.252 e. The highest BCUT2D eigenvalue weighted by molar-refractivity contribution is 7.84. The van der Waals surface area contributed by atoms with Gasteiger partial charge in [-0.25, -0.2) is 9.97 Å². The van der Waals surface area contributed by atoms with Gasteiger partial charge in [-0.2, -0.15) is 0 Å². The fraction of sp³-hybridized carbons (Fsp3) is 0.533. The Bertz CT molecular complexity index is 801. The van der Waals surface area contributed by atoms with Crippen LogP contribution in [0.4, 0.5) is 0 Å². The molecule has 0 aromatic carbocycles. The van der Waals surface area contributed by atoms with Crippen LogP contribution in [-0.4, -0.2) is 25.0 Å². The van der Waals surface area contributed by atoms with Crippen LogP contribution in [-0.2, 0) is 10.8 Å². The highest BCUT2D eigenvalue weighted by Crippen LogP contribution is 2.50. The van der Waals surface area contributed by atoms with Crippen molar-refractivity contribution in [2.45, 2.75) is 36.9 Å². The number of rotatable bonds is 2. The van der Waals surface area contributed by atoms with Gasteiger partial charge in [-0.15, -0.1) is 0 Å². The van der Waals surface area contributed by atoms with Gasteiger partial charge in [0.1, 0.15) is 5.65 Å². The standard InChI is InChI=1S/C15H17N3O2S/c1-21(20)15-16-8-11-4-5-13(19)18(14(11)17-15)12-7-9-2-3-10(12)6-9/h4-5,8-10,12H,2-3,6-7H2,1H3/t9-,10+,12-,21?/m0/s1. The van der Waals surface area contributed by atoms with Gasteiger partial charge in [-0.1, -0.05) is 6.42 Å². The summed E-state index contributed by atoms with van der Waals surface area (Å²) >= 11 is 0. The molecule has 0 N–H and O–H groups in total. The number of fused-ring (bicyclic) bond motifs is 3. The number of pyridine rings is 1. The third-order valence-corrected chi connectivity index (χ3v) is 5.65. The Hall–Kier alpha value is -1.56. The molecule has 6 heteroatoms. The van der Waals surface area contributed by atoms with Crippen molar-refractivity contribution in [1.82, 2.24) is 14.5 Å². The Balaban J connectivity index is 1.94. The molecule has 2 saturated carbocycles. The SMILES string of the molecule is CS(=O)c1ncc2ccc(=O)n([C@H]3C[C@H]4CC[C@@H]3C4)c2n1. The van der Waals surface area contributed by atoms with Crippen molar-refractivity contribution >= 4 is 21.8 Å². The lowest BCUT2D eigenvalue weighted by Crippen LogP contribution is -2.28. The van der Waals surface area contributed by atoms with Crippen molar-refractivity contribution in [3.05, 3.63) is 28.7 Å². The van der Waals surface area contributed by atoms with Crippen LogP contribution in [0.5, 0.6) is 0 Å². The number of hydrogen-bond donors (Lipinski definition) is 0. The Labute approximate surface area is 124 Å². The lowest BCUT2D eigenvalue weighted by molar-refractivity contribution is 0.329. The summed E-state index contributed by atoms with van der Waals surface area (Å²) in [7, 11) is -1.24. The molecule has 0 radical (unpaired) electrons. The second-order valence-corrected chi connectivity index (χ2v) is 7.44. The van der Waals surface area contributed by atoms with Crippen molar-refractivity contribution in [3.8, 4) is 0 Å². The first-order valence-electron chi connectivity index (χ1n) is 7.35. The average Bonchev–Trinajstić information content (AvgIpc) is 3.09. The van der Waals surface area contributed by atoms with Crippen LogP contribution >= 0.6 is 0 Å². The molecule has 21 heavy (non-hydrogen) atoms. The van der Waals surface area contributed by atoms with Crippen LogP contribution in [0.15, 0.2) is 28.3 Å². The third-order valence-electron chi connectivity index (χ3n) is 4.93. The summed E-state index contributed by atoms with van der Waals surface area (Å²) in [5, 5.41) is 1.14. The zero-order valence-electron chi connectivity index (χ0n) is 11.9. The first-order valence-corrected chi connectivity index (χ1v) is 8.91. The fourth-order valence-corrected chi connectivity index (χ4v) is 4.43. The van der Waals surface area contributed by atoms with Crippen LogP contribution < -0.4 is 5.56 Å². The average molecular weight is 303 g/mol. The van der Waals surface area contributed by atoms with E-state index in [0.29, 0.717) is 16.7 Å². The summed E-state index contributed by atoms with van der Waals surface area (Å²) in [6.45, 7) is 0. The molecule has 0 saturated heterocycles. The van der Waals surface area contributed by atoms with E-state index in [2.05, 4.69) is 9.97 Å². The molecule has 4 rings (SSSR count). The zero-order valence-corrected chi connectivity index (χ0v) is 12.7. The van der Waals surface area contributed by atoms with E-state index < -0.39 is 10.8 Å². The molecule has 2 fully saturated rings. The van der Waals surface area contributed by atoms with Crippen molar-refractivity contribution in [3.63, 3.8) is 0 Å². The Morgan fingerprint density at radius 2 is 2.14 bits per heavy atom. The summed E-state index contributed by atoms with van der Waals surface area (Å²) in [5.41, 5.74) is 0.631. The van der Waals surface area contributed by atoms with Crippen LogP contribution in [0.25, 0.3) is 11.0 Å². The molecule has 2 aliphatic rings. The summed E-state index contributed by atoms with van der Waals surface area (Å²) in [6.07, 6.45) is 8.02. The molecule has 110 valence electrons. The Morgan fingerprint density at radius 3 is 2.81 bits per heavy atom. The highest BCUT2D eigenvalue weighted by Gasteiger charge is 2.41. The molecule has 0 amide bonds. The lowest BCUT2D eigenvalue weighted by Gasteiger charge is -2.25. The summed E-state index contributed by atoms with van der Waals surface area (Å²) in [4.78, 5) is 20.9. The predicted octanol–water partition coefficient (Wildman–Crippen LogP) is 1.89. The van der Waals surface area contributed by atoms with Crippen molar-refractivity contribution < 1.29 is 4.21 Å². The molecule has 2 bridgehead atoms. The number of nitrogens with zero attached hydrogens (tertiary/aromatic N) is 3. The molecule has 2 heterocycles. The second-order valence-electron chi connectivity index (χ2n) is 6.17. The van der Waals surface area contributed by atoms with Crippen molar-refractivity contribution in [2.24, 2.45) is 11.8 Å². The van der Waals surface area contributed by atoms with Gasteiger partial charge in [0.2, 0.25) is 5.16 Å². The van der Waals surface area contributed by atoms with Crippen LogP contribution in [0.2, 0.25) is 0 Å². The first-order chi connectivity index (χ1) is 10.1. The van der Waals surface area contributed by atoms with Gasteiger partial charge in [0, 0.05) is 29.9 Å². The lowest BCUT2D eigenvalue weighted by atomic mass is 9.95. The van der Waals surface area contributed by atoms with Gasteiger partial charge in [-0.05, 0) is 37.2 Å². The minimum absolute atomic E-state index is 0.00779. The molecule has 2 aromatic rings. The summed E-state index contributed by atoms with van der Waals surface area (Å²) in [5.74, 6) is 1.34. The maximum atomic E-state index is 12.4. The molecule has 0 aliphatic heterocycles. The van der Waals surface area contributed by atoms with E-state index in [1.54, 1.807) is 24.6 Å². The maximum absolute atomic E-state index is 12.4. The maximum Gasteiger partial charge on any atom is 0.252 e. The van der Waals surface area contributed by atoms with Gasteiger partial charge >= 0.3 is 0 Å². The zero-order chi connectivity index (χ0) is 14.6. The second kappa shape index (κ2) is 4.73. The molecule has 2 aromatic heterocycles. The van der Waals surface area contributed by atoms with E-state index in [0.717, 1.165) is 17.7 Å². The van der Waals surface area contributed by atoms with Crippen LogP contribution in [0, 0.1) is 11.8 Å². The molecule has 2 aliphatic carbocycles. The highest BCUT2D eigenvalue weighted by atomic mass is 32.2. The Morgan fingerprint density at radius 1 is 1.29 bits per heavy atom. The van der Waals surface area contributed by atoms with Crippen molar-refractivity contribution in [2.75, 3.05) is 6.26 Å². The number of aromatic nitrogens is 3. The topological polar surface area (TPSA) is 64.8 Å². The fourth-order valence-electron chi connectivity index (χ4n) is 4.01. The van der Waals surface area contributed by atoms with Crippen LogP contribution in [0.1, 0.15) is 31.7 Å². The molecule has 0 spiro atoms. The van der Waals surface area contributed by atoms with Gasteiger partial charge < -0.3 is 0 Å². The third kappa shape index (κ3) is 2.04. The minimum Gasteiger partial charge on any atom is -0.289 e. The largest absolute Gasteiger partial charge is 0.289 e. The first kappa shape index (κ1) is 13.1. The summed E-state index contributed by atoms with van der Waals surface area (Å²) in [6, 6.07) is 3.59. The monoisotopic (exact) mass is 303 g/mol. The van der Waals surface area contributed by atoms with Gasteiger partial charge in [0.15, 0.2) is 0 Å². The van der Waals surface area contributed by atoms with E-state index in [9.17, 15) is 9.00 Å². The molecular weight excluding hydrogens is 286 g/mol. The van der Waals surface area contributed by atoms with E-state index in [1.165, 1.54) is 19.3 Å². The summed E-state index contributed by atoms with van der Waals surface area (Å²) < 4.78 is 13.5. The van der Waals surface area contributed by atoms with Crippen LogP contribution in [0.3, 0.4) is 0 Å². The Kier molecular flexibility index (Phi) is 2.96. The normalized spacial score (nSPS) is 29.1. The van der Waals surface area contributed by atoms with E-state index >= 15 is 0 Å². The predicted molar refractivity (Wildman–Crippen MR) is 80.6 cm³/mol. The van der Waals surface area contributed by atoms with E-state index in [-0.39, 0.29) is 11.6 Å². The quantitative estimate of drug-likeness (QED) is 0.795. The van der Waals surface area contributed by atoms with E-state index in [1.807, 2.05) is 4.57 Å². The van der Waals surface area contributed by atoms with Gasteiger partial charge in [0.05, 0.1) is 10.8 Å².